The maximum absolute atomic E-state index is 6.28. The Labute approximate surface area is 138 Å². The third kappa shape index (κ3) is 2.02. The number of nitrogens with zero attached hydrogens (tertiary/aromatic N) is 4. The van der Waals surface area contributed by atoms with E-state index in [-0.39, 0.29) is 24.2 Å². The van der Waals surface area contributed by atoms with E-state index in [1.807, 2.05) is 36.5 Å². The predicted octanol–water partition coefficient (Wildman–Crippen LogP) is 1.89. The number of para-hydroxylation sites is 1. The van der Waals surface area contributed by atoms with Gasteiger partial charge in [0.05, 0.1) is 23.8 Å². The van der Waals surface area contributed by atoms with Crippen molar-refractivity contribution in [1.29, 1.82) is 0 Å². The summed E-state index contributed by atoms with van der Waals surface area (Å²) in [5, 5.41) is 8.47. The topological polar surface area (TPSA) is 92.0 Å². The number of aromatic nitrogens is 4. The van der Waals surface area contributed by atoms with Crippen LogP contribution in [0.25, 0.3) is 17.1 Å². The highest BCUT2D eigenvalue weighted by atomic mass is 16.5. The van der Waals surface area contributed by atoms with Gasteiger partial charge in [-0.15, -0.1) is 0 Å². The van der Waals surface area contributed by atoms with Gasteiger partial charge < -0.3 is 15.0 Å². The smallest absolute Gasteiger partial charge is 0.234 e. The van der Waals surface area contributed by atoms with Crippen LogP contribution in [-0.4, -0.2) is 38.2 Å². The Morgan fingerprint density at radius 2 is 2.00 bits per heavy atom. The average molecular weight is 323 g/mol. The molecule has 0 aliphatic carbocycles. The van der Waals surface area contributed by atoms with Crippen LogP contribution in [0.1, 0.15) is 24.7 Å². The lowest BCUT2D eigenvalue weighted by Crippen LogP contribution is -2.38. The van der Waals surface area contributed by atoms with Gasteiger partial charge in [-0.05, 0) is 31.0 Å². The van der Waals surface area contributed by atoms with Gasteiger partial charge in [-0.1, -0.05) is 17.3 Å². The van der Waals surface area contributed by atoms with E-state index in [2.05, 4.69) is 15.2 Å². The summed E-state index contributed by atoms with van der Waals surface area (Å²) >= 11 is 0. The zero-order valence-electron chi connectivity index (χ0n) is 12.9. The van der Waals surface area contributed by atoms with E-state index in [1.165, 1.54) is 0 Å². The first-order chi connectivity index (χ1) is 11.8. The van der Waals surface area contributed by atoms with Crippen molar-refractivity contribution in [3.63, 3.8) is 0 Å². The van der Waals surface area contributed by atoms with Crippen LogP contribution in [-0.2, 0) is 4.74 Å². The molecule has 2 fully saturated rings. The van der Waals surface area contributed by atoms with Crippen molar-refractivity contribution < 1.29 is 9.26 Å². The Morgan fingerprint density at radius 1 is 1.12 bits per heavy atom. The second kappa shape index (κ2) is 5.25. The summed E-state index contributed by atoms with van der Waals surface area (Å²) in [4.78, 5) is 4.62. The maximum Gasteiger partial charge on any atom is 0.234 e. The van der Waals surface area contributed by atoms with Crippen LogP contribution in [0.4, 0.5) is 0 Å². The van der Waals surface area contributed by atoms with Gasteiger partial charge >= 0.3 is 0 Å². The second-order valence-corrected chi connectivity index (χ2v) is 6.32. The van der Waals surface area contributed by atoms with E-state index in [1.54, 1.807) is 10.9 Å². The van der Waals surface area contributed by atoms with Crippen molar-refractivity contribution >= 4 is 0 Å². The summed E-state index contributed by atoms with van der Waals surface area (Å²) in [6.07, 6.45) is 5.87. The molecule has 7 nitrogen and oxygen atoms in total. The predicted molar refractivity (Wildman–Crippen MR) is 85.5 cm³/mol. The maximum atomic E-state index is 6.28. The number of nitrogens with two attached hydrogens (primary N) is 1. The van der Waals surface area contributed by atoms with Crippen molar-refractivity contribution in [2.45, 2.75) is 37.0 Å². The Morgan fingerprint density at radius 3 is 2.79 bits per heavy atom. The number of rotatable bonds is 3. The molecule has 5 rings (SSSR count). The van der Waals surface area contributed by atoms with Crippen LogP contribution in [0.2, 0.25) is 0 Å². The van der Waals surface area contributed by atoms with E-state index in [0.717, 1.165) is 24.1 Å². The molecule has 122 valence electrons. The van der Waals surface area contributed by atoms with Crippen molar-refractivity contribution in [3.8, 4) is 17.1 Å². The van der Waals surface area contributed by atoms with Gasteiger partial charge in [-0.3, -0.25) is 0 Å². The molecule has 2 bridgehead atoms. The van der Waals surface area contributed by atoms with Crippen molar-refractivity contribution in [2.24, 2.45) is 5.73 Å². The molecule has 24 heavy (non-hydrogen) atoms. The van der Waals surface area contributed by atoms with E-state index in [0.29, 0.717) is 11.7 Å². The first-order valence-corrected chi connectivity index (χ1v) is 8.15. The van der Waals surface area contributed by atoms with Crippen LogP contribution in [0.3, 0.4) is 0 Å². The number of ether oxygens (including phenoxy) is 1. The van der Waals surface area contributed by atoms with Crippen molar-refractivity contribution in [2.75, 3.05) is 0 Å². The van der Waals surface area contributed by atoms with Crippen LogP contribution in [0.15, 0.2) is 47.2 Å². The minimum Gasteiger partial charge on any atom is -0.372 e. The van der Waals surface area contributed by atoms with Crippen molar-refractivity contribution in [1.82, 2.24) is 19.9 Å². The summed E-state index contributed by atoms with van der Waals surface area (Å²) in [6.45, 7) is 0. The number of fused-ring (bicyclic) bond motifs is 2. The zero-order valence-corrected chi connectivity index (χ0v) is 12.9. The molecule has 1 aromatic carbocycles. The minimum atomic E-state index is -0.0709. The molecule has 2 aliphatic rings. The van der Waals surface area contributed by atoms with Crippen LogP contribution >= 0.6 is 0 Å². The highest BCUT2D eigenvalue weighted by Gasteiger charge is 2.50. The summed E-state index contributed by atoms with van der Waals surface area (Å²) in [7, 11) is 0. The third-order valence-electron chi connectivity index (χ3n) is 4.95. The third-order valence-corrected chi connectivity index (χ3v) is 4.95. The van der Waals surface area contributed by atoms with Gasteiger partial charge in [0.1, 0.15) is 0 Å². The molecular weight excluding hydrogens is 306 g/mol. The zero-order chi connectivity index (χ0) is 16.1. The molecule has 2 saturated heterocycles. The molecule has 0 spiro atoms. The molecule has 7 heteroatoms. The van der Waals surface area contributed by atoms with Crippen LogP contribution in [0, 0.1) is 0 Å². The number of benzene rings is 1. The van der Waals surface area contributed by atoms with E-state index in [4.69, 9.17) is 15.0 Å². The molecule has 0 unspecified atom stereocenters. The monoisotopic (exact) mass is 323 g/mol. The fraction of sp³-hybridized carbons (Fsp3) is 0.353. The van der Waals surface area contributed by atoms with Crippen LogP contribution in [0.5, 0.6) is 0 Å². The molecule has 2 aliphatic heterocycles. The highest BCUT2D eigenvalue weighted by molar-refractivity contribution is 5.66. The standard InChI is InChI=1S/C17H17N5O2/c18-15-13-7-6-12(23-13)14(15)17-20-16(21-24-17)10-4-1-2-5-11(10)22-9-3-8-19-22/h1-5,8-9,12-15H,6-7,18H2/t12-,13+,14-,15+/m1/s1. The fourth-order valence-corrected chi connectivity index (χ4v) is 3.79. The van der Waals surface area contributed by atoms with E-state index in [9.17, 15) is 0 Å². The second-order valence-electron chi connectivity index (χ2n) is 6.32. The molecular formula is C17H17N5O2. The fourth-order valence-electron chi connectivity index (χ4n) is 3.79. The summed E-state index contributed by atoms with van der Waals surface area (Å²) in [5.74, 6) is 1.10. The van der Waals surface area contributed by atoms with Gasteiger partial charge in [-0.25, -0.2) is 4.68 Å². The lowest BCUT2D eigenvalue weighted by Gasteiger charge is -2.20. The number of hydrogen-bond acceptors (Lipinski definition) is 6. The Balaban J connectivity index is 1.53. The highest BCUT2D eigenvalue weighted by Crippen LogP contribution is 2.43. The summed E-state index contributed by atoms with van der Waals surface area (Å²) < 4.78 is 13.2. The Hall–Kier alpha value is -2.51. The average Bonchev–Trinajstić information content (AvgIpc) is 3.38. The molecule has 0 radical (unpaired) electrons. The quantitative estimate of drug-likeness (QED) is 0.791. The molecule has 2 aromatic heterocycles. The normalized spacial score (nSPS) is 28.5. The first-order valence-electron chi connectivity index (χ1n) is 8.15. The summed E-state index contributed by atoms with van der Waals surface area (Å²) in [6, 6.07) is 9.65. The minimum absolute atomic E-state index is 0.0122. The molecule has 2 N–H and O–H groups in total. The van der Waals surface area contributed by atoms with Crippen LogP contribution < -0.4 is 5.73 Å². The van der Waals surface area contributed by atoms with Gasteiger partial charge in [0.15, 0.2) is 0 Å². The van der Waals surface area contributed by atoms with Crippen molar-refractivity contribution in [3.05, 3.63) is 48.6 Å². The lowest BCUT2D eigenvalue weighted by molar-refractivity contribution is 0.0951. The lowest BCUT2D eigenvalue weighted by atomic mass is 9.85. The Kier molecular flexibility index (Phi) is 3.04. The van der Waals surface area contributed by atoms with Gasteiger partial charge in [0.2, 0.25) is 11.7 Å². The first kappa shape index (κ1) is 13.9. The molecule has 4 heterocycles. The van der Waals surface area contributed by atoms with Gasteiger partial charge in [0.25, 0.3) is 0 Å². The van der Waals surface area contributed by atoms with Gasteiger partial charge in [0, 0.05) is 24.0 Å². The summed E-state index contributed by atoms with van der Waals surface area (Å²) in [5.41, 5.74) is 8.06. The van der Waals surface area contributed by atoms with Gasteiger partial charge in [-0.2, -0.15) is 10.1 Å². The van der Waals surface area contributed by atoms with E-state index >= 15 is 0 Å². The molecule has 0 saturated carbocycles. The SMILES string of the molecule is N[C@@H]1[C@H](c2nc(-c3ccccc3-n3cccn3)no2)[C@H]2CC[C@@H]1O2. The van der Waals surface area contributed by atoms with E-state index < -0.39 is 0 Å². The molecule has 4 atom stereocenters. The Bertz CT molecular complexity index is 858. The largest absolute Gasteiger partial charge is 0.372 e. The number of hydrogen-bond donors (Lipinski definition) is 1. The molecule has 3 aromatic rings. The molecule has 0 amide bonds.